The van der Waals surface area contributed by atoms with Crippen molar-refractivity contribution in [2.75, 3.05) is 11.9 Å². The molecule has 3 atom stereocenters. The first-order valence-electron chi connectivity index (χ1n) is 12.1. The number of carbonyl (C=O) groups excluding carboxylic acids is 2. The zero-order valence-electron chi connectivity index (χ0n) is 20.5. The summed E-state index contributed by atoms with van der Waals surface area (Å²) in [6.45, 7) is 5.90. The van der Waals surface area contributed by atoms with Crippen molar-refractivity contribution in [1.29, 1.82) is 0 Å². The third kappa shape index (κ3) is 5.16. The van der Waals surface area contributed by atoms with Gasteiger partial charge in [-0.3, -0.25) is 20.0 Å². The maximum atomic E-state index is 13.6. The van der Waals surface area contributed by atoms with Gasteiger partial charge >= 0.3 is 6.09 Å². The lowest BCUT2D eigenvalue weighted by Gasteiger charge is -2.29. The number of hydrogen-bond donors (Lipinski definition) is 1. The summed E-state index contributed by atoms with van der Waals surface area (Å²) in [5, 5.41) is 12.6. The summed E-state index contributed by atoms with van der Waals surface area (Å²) >= 11 is 1.32. The Morgan fingerprint density at radius 2 is 1.97 bits per heavy atom. The van der Waals surface area contributed by atoms with E-state index in [4.69, 9.17) is 4.74 Å². The van der Waals surface area contributed by atoms with Crippen molar-refractivity contribution in [3.8, 4) is 0 Å². The number of ether oxygens (including phenoxy) is 1. The number of nitrogens with one attached hydrogen (secondary N) is 1. The number of allylic oxidation sites excluding steroid dienone is 5. The van der Waals surface area contributed by atoms with Crippen molar-refractivity contribution in [3.63, 3.8) is 0 Å². The van der Waals surface area contributed by atoms with Gasteiger partial charge in [-0.2, -0.15) is 0 Å². The number of carbonyl (C=O) groups is 2. The van der Waals surface area contributed by atoms with E-state index in [1.807, 2.05) is 63.4 Å². The maximum Gasteiger partial charge on any atom is 0.410 e. The zero-order valence-corrected chi connectivity index (χ0v) is 21.4. The number of aromatic nitrogens is 2. The fraction of sp³-hybridized carbons (Fsp3) is 0.370. The van der Waals surface area contributed by atoms with E-state index in [0.717, 1.165) is 22.6 Å². The molecule has 1 aromatic heterocycles. The average Bonchev–Trinajstić information content (AvgIpc) is 3.51. The van der Waals surface area contributed by atoms with Crippen LogP contribution >= 0.6 is 11.3 Å². The lowest BCUT2D eigenvalue weighted by molar-refractivity contribution is -0.120. The summed E-state index contributed by atoms with van der Waals surface area (Å²) in [6, 6.07) is 9.11. The van der Waals surface area contributed by atoms with Crippen LogP contribution in [0.15, 0.2) is 65.3 Å². The van der Waals surface area contributed by atoms with E-state index in [1.165, 1.54) is 21.8 Å². The third-order valence-corrected chi connectivity index (χ3v) is 7.27. The van der Waals surface area contributed by atoms with Gasteiger partial charge in [-0.05, 0) is 56.9 Å². The van der Waals surface area contributed by atoms with Crippen LogP contribution in [0.5, 0.6) is 0 Å². The SMILES string of the molecule is CC(C)(C)OC(=O)N1CC[C@H](c2ccccc2)[C@@H]1C(=O)Nc1nnc(C2=CCC3C=NC=CC3=C2)s1. The number of nitrogens with zero attached hydrogens (tertiary/aromatic N) is 4. The van der Waals surface area contributed by atoms with Crippen molar-refractivity contribution >= 4 is 40.3 Å². The third-order valence-electron chi connectivity index (χ3n) is 6.39. The first-order valence-corrected chi connectivity index (χ1v) is 12.9. The van der Waals surface area contributed by atoms with Crippen LogP contribution in [-0.2, 0) is 9.53 Å². The summed E-state index contributed by atoms with van der Waals surface area (Å²) in [4.78, 5) is 32.3. The van der Waals surface area contributed by atoms with Crippen molar-refractivity contribution in [1.82, 2.24) is 15.1 Å². The van der Waals surface area contributed by atoms with Gasteiger partial charge in [-0.25, -0.2) is 4.79 Å². The van der Waals surface area contributed by atoms with Gasteiger partial charge in [0.25, 0.3) is 0 Å². The van der Waals surface area contributed by atoms with Crippen LogP contribution < -0.4 is 5.32 Å². The van der Waals surface area contributed by atoms with E-state index in [1.54, 1.807) is 6.20 Å². The van der Waals surface area contributed by atoms with E-state index < -0.39 is 17.7 Å². The Bertz CT molecular complexity index is 1270. The molecule has 5 rings (SSSR count). The molecule has 2 amide bonds. The minimum absolute atomic E-state index is 0.145. The molecule has 8 nitrogen and oxygen atoms in total. The molecule has 3 heterocycles. The molecular weight excluding hydrogens is 474 g/mol. The number of fused-ring (bicyclic) bond motifs is 1. The summed E-state index contributed by atoms with van der Waals surface area (Å²) in [5.41, 5.74) is 2.53. The van der Waals surface area contributed by atoms with Crippen LogP contribution in [-0.4, -0.2) is 51.5 Å². The first-order chi connectivity index (χ1) is 17.3. The molecule has 1 fully saturated rings. The number of anilines is 1. The molecule has 186 valence electrons. The Kier molecular flexibility index (Phi) is 6.57. The molecule has 1 aliphatic carbocycles. The quantitative estimate of drug-likeness (QED) is 0.619. The molecule has 0 bridgehead atoms. The minimum Gasteiger partial charge on any atom is -0.444 e. The number of amides is 2. The normalized spacial score (nSPS) is 23.1. The summed E-state index contributed by atoms with van der Waals surface area (Å²) in [5.74, 6) is -0.145. The van der Waals surface area contributed by atoms with Crippen molar-refractivity contribution in [2.45, 2.75) is 51.2 Å². The molecular formula is C27H29N5O3S. The predicted octanol–water partition coefficient (Wildman–Crippen LogP) is 5.20. The number of hydrogen-bond acceptors (Lipinski definition) is 7. The van der Waals surface area contributed by atoms with Crippen LogP contribution in [0.3, 0.4) is 0 Å². The fourth-order valence-electron chi connectivity index (χ4n) is 4.75. The lowest BCUT2D eigenvalue weighted by atomic mass is 9.88. The number of benzene rings is 1. The minimum atomic E-state index is -0.710. The number of aliphatic imine (C=N–C) groups is 1. The Balaban J connectivity index is 1.35. The molecule has 9 heteroatoms. The van der Waals surface area contributed by atoms with E-state index in [2.05, 4.69) is 32.7 Å². The maximum absolute atomic E-state index is 13.6. The van der Waals surface area contributed by atoms with Gasteiger partial charge in [0.2, 0.25) is 11.0 Å². The highest BCUT2D eigenvalue weighted by Crippen LogP contribution is 2.36. The smallest absolute Gasteiger partial charge is 0.410 e. The Morgan fingerprint density at radius 1 is 1.17 bits per heavy atom. The molecule has 0 radical (unpaired) electrons. The van der Waals surface area contributed by atoms with Crippen LogP contribution in [0.4, 0.5) is 9.93 Å². The average molecular weight is 504 g/mol. The molecule has 0 saturated carbocycles. The van der Waals surface area contributed by atoms with Gasteiger partial charge < -0.3 is 4.74 Å². The Hall–Kier alpha value is -3.59. The standard InChI is InChI=1S/C27H29N5O3S/c1-27(2,3)35-26(34)32-14-12-21(17-7-5-4-6-8-17)22(32)23(33)29-25-31-30-24(36-25)19-9-10-20-16-28-13-11-18(20)15-19/h4-9,11,13,15-16,20-22H,10,12,14H2,1-3H3,(H,29,31,33)/t20?,21-,22-/m1/s1. The summed E-state index contributed by atoms with van der Waals surface area (Å²) in [6.07, 6.45) is 11.0. The highest BCUT2D eigenvalue weighted by Gasteiger charge is 2.44. The second-order valence-electron chi connectivity index (χ2n) is 10.1. The monoisotopic (exact) mass is 503 g/mol. The van der Waals surface area contributed by atoms with Crippen molar-refractivity contribution < 1.29 is 14.3 Å². The molecule has 1 aromatic carbocycles. The van der Waals surface area contributed by atoms with Crippen LogP contribution in [0.2, 0.25) is 0 Å². The molecule has 2 aliphatic heterocycles. The van der Waals surface area contributed by atoms with Crippen molar-refractivity contribution in [2.24, 2.45) is 10.9 Å². The fourth-order valence-corrected chi connectivity index (χ4v) is 5.51. The van der Waals surface area contributed by atoms with Gasteiger partial charge in [0.05, 0.1) is 0 Å². The lowest BCUT2D eigenvalue weighted by Crippen LogP contribution is -2.47. The second kappa shape index (κ2) is 9.81. The van der Waals surface area contributed by atoms with E-state index in [9.17, 15) is 9.59 Å². The molecule has 2 aromatic rings. The molecule has 1 N–H and O–H groups in total. The van der Waals surface area contributed by atoms with Crippen LogP contribution in [0.25, 0.3) is 5.57 Å². The van der Waals surface area contributed by atoms with Crippen molar-refractivity contribution in [3.05, 3.63) is 70.9 Å². The highest BCUT2D eigenvalue weighted by atomic mass is 32.1. The second-order valence-corrected chi connectivity index (χ2v) is 11.1. The van der Waals surface area contributed by atoms with Gasteiger partial charge in [0.15, 0.2) is 0 Å². The summed E-state index contributed by atoms with van der Waals surface area (Å²) < 4.78 is 5.62. The van der Waals surface area contributed by atoms with Gasteiger partial charge in [-0.15, -0.1) is 10.2 Å². The number of rotatable bonds is 4. The Morgan fingerprint density at radius 3 is 2.75 bits per heavy atom. The molecule has 36 heavy (non-hydrogen) atoms. The van der Waals surface area contributed by atoms with Crippen LogP contribution in [0.1, 0.15) is 50.1 Å². The largest absolute Gasteiger partial charge is 0.444 e. The van der Waals surface area contributed by atoms with E-state index >= 15 is 0 Å². The molecule has 1 saturated heterocycles. The van der Waals surface area contributed by atoms with E-state index in [0.29, 0.717) is 24.0 Å². The highest BCUT2D eigenvalue weighted by molar-refractivity contribution is 7.16. The molecule has 3 aliphatic rings. The first kappa shape index (κ1) is 24.1. The van der Waals surface area contributed by atoms with Gasteiger partial charge in [0.1, 0.15) is 16.7 Å². The zero-order chi connectivity index (χ0) is 25.3. The van der Waals surface area contributed by atoms with Gasteiger partial charge in [0, 0.05) is 36.4 Å². The number of likely N-dealkylation sites (tertiary alicyclic amines) is 1. The topological polar surface area (TPSA) is 96.8 Å². The Labute approximate surface area is 214 Å². The predicted molar refractivity (Wildman–Crippen MR) is 141 cm³/mol. The van der Waals surface area contributed by atoms with E-state index in [-0.39, 0.29) is 11.8 Å². The molecule has 1 unspecified atom stereocenters. The molecule has 0 spiro atoms. The van der Waals surface area contributed by atoms with Gasteiger partial charge in [-0.1, -0.05) is 47.7 Å². The van der Waals surface area contributed by atoms with Crippen LogP contribution in [0, 0.1) is 5.92 Å². The summed E-state index contributed by atoms with van der Waals surface area (Å²) in [7, 11) is 0.